The Labute approximate surface area is 230 Å². The van der Waals surface area contributed by atoms with Gasteiger partial charge in [-0.2, -0.15) is 5.10 Å². The van der Waals surface area contributed by atoms with Crippen LogP contribution in [0, 0.1) is 0 Å². The second kappa shape index (κ2) is 10.6. The van der Waals surface area contributed by atoms with E-state index in [0.717, 1.165) is 74.4 Å². The third-order valence-corrected chi connectivity index (χ3v) is 9.42. The molecule has 8 nitrogen and oxygen atoms in total. The molecule has 1 amide bonds. The molecular weight excluding hydrogens is 490 g/mol. The molecule has 1 aliphatic carbocycles. The molecule has 4 fully saturated rings. The number of rotatable bonds is 6. The summed E-state index contributed by atoms with van der Waals surface area (Å²) in [5.41, 5.74) is 4.82. The van der Waals surface area contributed by atoms with Crippen molar-refractivity contribution in [3.63, 3.8) is 0 Å². The first-order chi connectivity index (χ1) is 19.2. The quantitative estimate of drug-likeness (QED) is 0.494. The number of amides is 1. The Hall–Kier alpha value is -2.94. The highest BCUT2D eigenvalue weighted by atomic mass is 16.5. The number of anilines is 1. The van der Waals surface area contributed by atoms with Crippen LogP contribution in [0.15, 0.2) is 42.5 Å². The SMILES string of the molecule is O=C(NCC1(N2CCOCC2)CCCCC1)c1ccc2[nH]nc(-c3ccc(N4CC5CCC(C4)O5)cc3)c2c1. The maximum absolute atomic E-state index is 13.4. The van der Waals surface area contributed by atoms with Gasteiger partial charge in [0, 0.05) is 60.5 Å². The van der Waals surface area contributed by atoms with Gasteiger partial charge in [-0.3, -0.25) is 14.8 Å². The van der Waals surface area contributed by atoms with Crippen molar-refractivity contribution in [1.82, 2.24) is 20.4 Å². The number of morpholine rings is 2. The van der Waals surface area contributed by atoms with Gasteiger partial charge < -0.3 is 19.7 Å². The summed E-state index contributed by atoms with van der Waals surface area (Å²) in [6, 6.07) is 14.5. The zero-order chi connectivity index (χ0) is 26.2. The minimum atomic E-state index is -0.0143. The number of carbonyl (C=O) groups excluding carboxylic acids is 1. The summed E-state index contributed by atoms with van der Waals surface area (Å²) in [5.74, 6) is -0.0143. The molecule has 206 valence electrons. The van der Waals surface area contributed by atoms with Crippen LogP contribution in [0.5, 0.6) is 0 Å². The second-order valence-corrected chi connectivity index (χ2v) is 11.8. The van der Waals surface area contributed by atoms with Crippen LogP contribution >= 0.6 is 0 Å². The summed E-state index contributed by atoms with van der Waals surface area (Å²) in [6.45, 7) is 6.08. The van der Waals surface area contributed by atoms with E-state index in [1.54, 1.807) is 0 Å². The molecule has 3 aromatic rings. The number of nitrogens with zero attached hydrogens (tertiary/aromatic N) is 3. The van der Waals surface area contributed by atoms with E-state index in [9.17, 15) is 4.79 Å². The monoisotopic (exact) mass is 529 g/mol. The van der Waals surface area contributed by atoms with E-state index in [4.69, 9.17) is 9.47 Å². The van der Waals surface area contributed by atoms with E-state index < -0.39 is 0 Å². The van der Waals surface area contributed by atoms with Crippen LogP contribution in [0.3, 0.4) is 0 Å². The summed E-state index contributed by atoms with van der Waals surface area (Å²) in [7, 11) is 0. The molecule has 7 rings (SSSR count). The zero-order valence-electron chi connectivity index (χ0n) is 22.7. The van der Waals surface area contributed by atoms with Crippen molar-refractivity contribution >= 4 is 22.5 Å². The number of carbonyl (C=O) groups is 1. The minimum absolute atomic E-state index is 0.0143. The second-order valence-electron chi connectivity index (χ2n) is 11.8. The molecule has 2 atom stereocenters. The molecule has 3 saturated heterocycles. The number of hydrogen-bond donors (Lipinski definition) is 2. The molecular formula is C31H39N5O3. The molecule has 2 aromatic carbocycles. The highest BCUT2D eigenvalue weighted by molar-refractivity contribution is 6.01. The third kappa shape index (κ3) is 4.94. The standard InChI is InChI=1S/C31H39N5O3/c37-30(32-21-31(12-2-1-3-13-31)36-14-16-38-17-15-36)23-6-11-28-27(18-23)29(34-33-28)22-4-7-24(8-5-22)35-19-25-9-10-26(20-35)39-25/h4-8,11,18,25-26H,1-3,9-10,12-17,19-21H2,(H,32,37)(H,33,34). The number of ether oxygens (including phenoxy) is 2. The van der Waals surface area contributed by atoms with Gasteiger partial charge in [-0.1, -0.05) is 31.4 Å². The van der Waals surface area contributed by atoms with Crippen LogP contribution in [-0.4, -0.2) is 84.7 Å². The van der Waals surface area contributed by atoms with Crippen LogP contribution < -0.4 is 10.2 Å². The topological polar surface area (TPSA) is 82.7 Å². The lowest BCUT2D eigenvalue weighted by Gasteiger charge is -2.48. The van der Waals surface area contributed by atoms with Crippen molar-refractivity contribution in [2.24, 2.45) is 0 Å². The van der Waals surface area contributed by atoms with E-state index in [1.807, 2.05) is 18.2 Å². The molecule has 3 aliphatic heterocycles. The summed E-state index contributed by atoms with van der Waals surface area (Å²) in [4.78, 5) is 18.4. The molecule has 2 unspecified atom stereocenters. The number of fused-ring (bicyclic) bond motifs is 3. The fraction of sp³-hybridized carbons (Fsp3) is 0.548. The third-order valence-electron chi connectivity index (χ3n) is 9.42. The lowest BCUT2D eigenvalue weighted by atomic mass is 9.79. The Morgan fingerprint density at radius 3 is 2.49 bits per heavy atom. The van der Waals surface area contributed by atoms with Gasteiger partial charge in [0.05, 0.1) is 36.6 Å². The van der Waals surface area contributed by atoms with Crippen molar-refractivity contribution in [2.75, 3.05) is 50.8 Å². The predicted octanol–water partition coefficient (Wildman–Crippen LogP) is 4.36. The lowest BCUT2D eigenvalue weighted by Crippen LogP contribution is -2.59. The highest BCUT2D eigenvalue weighted by Crippen LogP contribution is 2.35. The molecule has 0 radical (unpaired) electrons. The molecule has 4 aliphatic rings. The van der Waals surface area contributed by atoms with Gasteiger partial charge in [-0.15, -0.1) is 0 Å². The number of benzene rings is 2. The molecule has 1 saturated carbocycles. The number of nitrogens with one attached hydrogen (secondary N) is 2. The number of aromatic amines is 1. The Morgan fingerprint density at radius 1 is 1.00 bits per heavy atom. The fourth-order valence-electron chi connectivity index (χ4n) is 7.23. The lowest BCUT2D eigenvalue weighted by molar-refractivity contribution is -0.0361. The van der Waals surface area contributed by atoms with Crippen molar-refractivity contribution in [1.29, 1.82) is 0 Å². The Morgan fingerprint density at radius 2 is 1.74 bits per heavy atom. The van der Waals surface area contributed by atoms with E-state index >= 15 is 0 Å². The average Bonchev–Trinajstić information content (AvgIpc) is 3.58. The van der Waals surface area contributed by atoms with Gasteiger partial charge in [-0.05, 0) is 56.0 Å². The van der Waals surface area contributed by atoms with Gasteiger partial charge in [0.25, 0.3) is 5.91 Å². The molecule has 8 heteroatoms. The summed E-state index contributed by atoms with van der Waals surface area (Å²) in [5, 5.41) is 12.1. The first-order valence-electron chi connectivity index (χ1n) is 14.8. The van der Waals surface area contributed by atoms with Crippen LogP contribution in [0.1, 0.15) is 55.3 Å². The average molecular weight is 530 g/mol. The van der Waals surface area contributed by atoms with Crippen LogP contribution in [-0.2, 0) is 9.47 Å². The maximum Gasteiger partial charge on any atom is 0.251 e. The van der Waals surface area contributed by atoms with Crippen LogP contribution in [0.2, 0.25) is 0 Å². The first kappa shape index (κ1) is 25.1. The van der Waals surface area contributed by atoms with Crippen LogP contribution in [0.4, 0.5) is 5.69 Å². The van der Waals surface area contributed by atoms with E-state index in [2.05, 4.69) is 49.6 Å². The number of hydrogen-bond acceptors (Lipinski definition) is 6. The van der Waals surface area contributed by atoms with Gasteiger partial charge in [0.15, 0.2) is 0 Å². The Bertz CT molecular complexity index is 1300. The van der Waals surface area contributed by atoms with Crippen molar-refractivity contribution in [3.05, 3.63) is 48.0 Å². The van der Waals surface area contributed by atoms with E-state index in [0.29, 0.717) is 24.3 Å². The van der Waals surface area contributed by atoms with Gasteiger partial charge >= 0.3 is 0 Å². The minimum Gasteiger partial charge on any atom is -0.379 e. The van der Waals surface area contributed by atoms with Crippen molar-refractivity contribution in [3.8, 4) is 11.3 Å². The largest absolute Gasteiger partial charge is 0.379 e. The van der Waals surface area contributed by atoms with E-state index in [1.165, 1.54) is 37.8 Å². The van der Waals surface area contributed by atoms with Crippen molar-refractivity contribution in [2.45, 2.75) is 62.7 Å². The molecule has 4 heterocycles. The number of aromatic nitrogens is 2. The number of H-pyrrole nitrogens is 1. The molecule has 0 spiro atoms. The summed E-state index contributed by atoms with van der Waals surface area (Å²) < 4.78 is 11.6. The normalized spacial score (nSPS) is 25.2. The smallest absolute Gasteiger partial charge is 0.251 e. The zero-order valence-corrected chi connectivity index (χ0v) is 22.7. The summed E-state index contributed by atoms with van der Waals surface area (Å²) in [6.07, 6.45) is 9.08. The fourth-order valence-corrected chi connectivity index (χ4v) is 7.23. The maximum atomic E-state index is 13.4. The van der Waals surface area contributed by atoms with Crippen molar-refractivity contribution < 1.29 is 14.3 Å². The predicted molar refractivity (Wildman–Crippen MR) is 152 cm³/mol. The Balaban J connectivity index is 1.08. The van der Waals surface area contributed by atoms with Crippen LogP contribution in [0.25, 0.3) is 22.2 Å². The van der Waals surface area contributed by atoms with E-state index in [-0.39, 0.29) is 11.4 Å². The van der Waals surface area contributed by atoms with Gasteiger partial charge in [0.1, 0.15) is 0 Å². The molecule has 2 bridgehead atoms. The first-order valence-corrected chi connectivity index (χ1v) is 14.8. The summed E-state index contributed by atoms with van der Waals surface area (Å²) >= 11 is 0. The van der Waals surface area contributed by atoms with Gasteiger partial charge in [-0.25, -0.2) is 0 Å². The molecule has 39 heavy (non-hydrogen) atoms. The van der Waals surface area contributed by atoms with Gasteiger partial charge in [0.2, 0.25) is 0 Å². The molecule has 2 N–H and O–H groups in total. The Kier molecular flexibility index (Phi) is 6.78. The molecule has 1 aromatic heterocycles. The highest BCUT2D eigenvalue weighted by Gasteiger charge is 2.39.